The number of phenolic OH excluding ortho intramolecular Hbond substituents is 1. The number of fused-ring (bicyclic) bond motifs is 2. The lowest BCUT2D eigenvalue weighted by Gasteiger charge is -2.30. The monoisotopic (exact) mass is 470 g/mol. The summed E-state index contributed by atoms with van der Waals surface area (Å²) in [5.41, 5.74) is 2.37. The van der Waals surface area contributed by atoms with E-state index in [1.807, 2.05) is 25.1 Å². The topological polar surface area (TPSA) is 82.6 Å². The number of aromatic hydroxyl groups is 1. The average molecular weight is 471 g/mol. The lowest BCUT2D eigenvalue weighted by molar-refractivity contribution is -0.122. The molecular formula is C22H18N2O4S3. The van der Waals surface area contributed by atoms with Gasteiger partial charge in [-0.05, 0) is 49.0 Å². The normalized spacial score (nSPS) is 22.4. The van der Waals surface area contributed by atoms with Gasteiger partial charge in [0, 0.05) is 10.8 Å². The molecule has 1 saturated heterocycles. The quantitative estimate of drug-likeness (QED) is 0.429. The van der Waals surface area contributed by atoms with Crippen LogP contribution in [0, 0.1) is 16.8 Å². The first-order valence-electron chi connectivity index (χ1n) is 9.60. The molecule has 0 aliphatic carbocycles. The number of H-pyrrole nitrogens is 1. The number of ether oxygens (including phenoxy) is 1. The molecular weight excluding hydrogens is 452 g/mol. The third-order valence-corrected chi connectivity index (χ3v) is 8.43. The molecule has 2 aliphatic heterocycles. The van der Waals surface area contributed by atoms with Gasteiger partial charge in [-0.25, -0.2) is 4.90 Å². The molecule has 31 heavy (non-hydrogen) atoms. The zero-order valence-corrected chi connectivity index (χ0v) is 19.1. The molecule has 0 saturated carbocycles. The Morgan fingerprint density at radius 3 is 2.55 bits per heavy atom. The summed E-state index contributed by atoms with van der Waals surface area (Å²) in [6.07, 6.45) is 0. The van der Waals surface area contributed by atoms with Gasteiger partial charge in [-0.1, -0.05) is 35.5 Å². The Morgan fingerprint density at radius 1 is 1.13 bits per heavy atom. The summed E-state index contributed by atoms with van der Waals surface area (Å²) in [6.45, 7) is 1.96. The summed E-state index contributed by atoms with van der Waals surface area (Å²) < 4.78 is 5.76. The summed E-state index contributed by atoms with van der Waals surface area (Å²) >= 11 is 8.12. The van der Waals surface area contributed by atoms with E-state index >= 15 is 0 Å². The molecule has 0 spiro atoms. The zero-order chi connectivity index (χ0) is 21.9. The minimum atomic E-state index is -0.597. The van der Waals surface area contributed by atoms with Crippen molar-refractivity contribution in [2.75, 3.05) is 12.0 Å². The first-order chi connectivity index (χ1) is 14.9. The standard InChI is InChI=1S/C22H18N2O4S3/c1-10-3-6-12(7-4-10)24-20(26)16-15(11-5-8-14(28-2)13(25)9-11)17-19(23-22(29)31-17)30-18(16)21(24)27/h3-9,15-16,18,25H,1-2H3,(H,23,29)/t15-,16-,18+/m0/s1. The van der Waals surface area contributed by atoms with Crippen molar-refractivity contribution in [1.82, 2.24) is 4.98 Å². The number of imide groups is 1. The van der Waals surface area contributed by atoms with E-state index in [9.17, 15) is 14.7 Å². The molecule has 3 aromatic rings. The number of carbonyl (C=O) groups excluding carboxylic acids is 2. The molecule has 1 aromatic heterocycles. The van der Waals surface area contributed by atoms with Crippen molar-refractivity contribution in [3.05, 3.63) is 62.4 Å². The smallest absolute Gasteiger partial charge is 0.248 e. The Balaban J connectivity index is 1.65. The van der Waals surface area contributed by atoms with E-state index in [0.717, 1.165) is 21.0 Å². The predicted molar refractivity (Wildman–Crippen MR) is 123 cm³/mol. The van der Waals surface area contributed by atoms with E-state index < -0.39 is 17.1 Å². The van der Waals surface area contributed by atoms with Gasteiger partial charge in [0.1, 0.15) is 5.25 Å². The van der Waals surface area contributed by atoms with Crippen molar-refractivity contribution >= 4 is 52.8 Å². The number of hydrogen-bond acceptors (Lipinski definition) is 7. The maximum Gasteiger partial charge on any atom is 0.248 e. The number of amides is 2. The Hall–Kier alpha value is -2.62. The summed E-state index contributed by atoms with van der Waals surface area (Å²) in [5, 5.41) is 10.6. The highest BCUT2D eigenvalue weighted by atomic mass is 32.2. The van der Waals surface area contributed by atoms with E-state index in [1.54, 1.807) is 24.3 Å². The van der Waals surface area contributed by atoms with Crippen LogP contribution in [-0.2, 0) is 9.59 Å². The molecule has 3 heterocycles. The highest BCUT2D eigenvalue weighted by Gasteiger charge is 2.56. The molecule has 2 N–H and O–H groups in total. The van der Waals surface area contributed by atoms with Crippen molar-refractivity contribution in [3.63, 3.8) is 0 Å². The van der Waals surface area contributed by atoms with Gasteiger partial charge in [-0.2, -0.15) is 0 Å². The molecule has 9 heteroatoms. The fraction of sp³-hybridized carbons (Fsp3) is 0.227. The van der Waals surface area contributed by atoms with Gasteiger partial charge in [-0.15, -0.1) is 11.3 Å². The predicted octanol–water partition coefficient (Wildman–Crippen LogP) is 4.62. The number of nitrogens with zero attached hydrogens (tertiary/aromatic N) is 1. The van der Waals surface area contributed by atoms with Crippen molar-refractivity contribution in [2.45, 2.75) is 23.1 Å². The number of methoxy groups -OCH3 is 1. The second-order valence-electron chi connectivity index (χ2n) is 7.53. The molecule has 5 rings (SSSR count). The van der Waals surface area contributed by atoms with Crippen LogP contribution in [0.3, 0.4) is 0 Å². The summed E-state index contributed by atoms with van der Waals surface area (Å²) in [5.74, 6) is -1.13. The van der Waals surface area contributed by atoms with Gasteiger partial charge < -0.3 is 14.8 Å². The maximum atomic E-state index is 13.6. The van der Waals surface area contributed by atoms with E-state index in [4.69, 9.17) is 17.0 Å². The number of carbonyl (C=O) groups is 2. The van der Waals surface area contributed by atoms with Crippen molar-refractivity contribution in [3.8, 4) is 11.5 Å². The number of phenols is 1. The van der Waals surface area contributed by atoms with Crippen LogP contribution in [0.4, 0.5) is 5.69 Å². The molecule has 3 atom stereocenters. The van der Waals surface area contributed by atoms with Gasteiger partial charge in [0.2, 0.25) is 11.8 Å². The maximum absolute atomic E-state index is 13.6. The lowest BCUT2D eigenvalue weighted by atomic mass is 9.83. The van der Waals surface area contributed by atoms with Gasteiger partial charge in [0.05, 0.1) is 23.7 Å². The number of hydrogen-bond donors (Lipinski definition) is 2. The molecule has 158 valence electrons. The van der Waals surface area contributed by atoms with E-state index in [2.05, 4.69) is 4.98 Å². The second-order valence-corrected chi connectivity index (χ2v) is 10.4. The van der Waals surface area contributed by atoms with Crippen LogP contribution < -0.4 is 9.64 Å². The van der Waals surface area contributed by atoms with E-state index in [0.29, 0.717) is 15.4 Å². The van der Waals surface area contributed by atoms with Crippen molar-refractivity contribution < 1.29 is 19.4 Å². The van der Waals surface area contributed by atoms with Crippen LogP contribution in [0.15, 0.2) is 47.5 Å². The van der Waals surface area contributed by atoms with Gasteiger partial charge in [-0.3, -0.25) is 9.59 Å². The summed E-state index contributed by atoms with van der Waals surface area (Å²) in [7, 11) is 1.48. The van der Waals surface area contributed by atoms with Crippen LogP contribution in [0.1, 0.15) is 21.9 Å². The lowest BCUT2D eigenvalue weighted by Crippen LogP contribution is -2.32. The summed E-state index contributed by atoms with van der Waals surface area (Å²) in [6, 6.07) is 12.5. The summed E-state index contributed by atoms with van der Waals surface area (Å²) in [4.78, 5) is 32.4. The Morgan fingerprint density at radius 2 is 1.87 bits per heavy atom. The molecule has 6 nitrogen and oxygen atoms in total. The first-order valence-corrected chi connectivity index (χ1v) is 11.7. The average Bonchev–Trinajstić information content (AvgIpc) is 3.23. The number of aromatic nitrogens is 1. The van der Waals surface area contributed by atoms with Crippen LogP contribution in [0.2, 0.25) is 0 Å². The van der Waals surface area contributed by atoms with Crippen LogP contribution >= 0.6 is 35.3 Å². The van der Waals surface area contributed by atoms with Gasteiger partial charge in [0.25, 0.3) is 0 Å². The minimum absolute atomic E-state index is 0.0115. The number of aromatic amines is 1. The van der Waals surface area contributed by atoms with Crippen molar-refractivity contribution in [2.24, 2.45) is 5.92 Å². The minimum Gasteiger partial charge on any atom is -0.504 e. The first kappa shape index (κ1) is 20.3. The number of anilines is 1. The molecule has 2 aromatic carbocycles. The number of nitrogens with one attached hydrogen (secondary N) is 1. The fourth-order valence-corrected chi connectivity index (χ4v) is 7.19. The Labute approximate surface area is 191 Å². The van der Waals surface area contributed by atoms with Crippen molar-refractivity contribution in [1.29, 1.82) is 0 Å². The number of aryl methyl sites for hydroxylation is 1. The fourth-order valence-electron chi connectivity index (χ4n) is 4.22. The molecule has 0 unspecified atom stereocenters. The third-order valence-electron chi connectivity index (χ3n) is 5.68. The van der Waals surface area contributed by atoms with Crippen LogP contribution in [0.25, 0.3) is 0 Å². The Kier molecular flexibility index (Phi) is 4.91. The highest BCUT2D eigenvalue weighted by Crippen LogP contribution is 2.54. The second kappa shape index (κ2) is 7.51. The number of benzene rings is 2. The molecule has 2 aliphatic rings. The van der Waals surface area contributed by atoms with Crippen LogP contribution in [0.5, 0.6) is 11.5 Å². The SMILES string of the molecule is COc1ccc([C@@H]2c3sc(=S)[nH]c3S[C@H]3C(=O)N(c4ccc(C)cc4)C(=O)[C@@H]23)cc1O. The molecule has 1 fully saturated rings. The highest BCUT2D eigenvalue weighted by molar-refractivity contribution is 8.01. The van der Waals surface area contributed by atoms with Gasteiger partial charge in [0.15, 0.2) is 15.5 Å². The molecule has 2 amide bonds. The van der Waals surface area contributed by atoms with E-state index in [1.165, 1.54) is 35.1 Å². The third kappa shape index (κ3) is 3.19. The number of thiazole rings is 1. The largest absolute Gasteiger partial charge is 0.504 e. The van der Waals surface area contributed by atoms with E-state index in [-0.39, 0.29) is 17.6 Å². The number of rotatable bonds is 3. The molecule has 0 radical (unpaired) electrons. The molecule has 0 bridgehead atoms. The Bertz CT molecular complexity index is 1260. The van der Waals surface area contributed by atoms with Crippen LogP contribution in [-0.4, -0.2) is 34.3 Å². The van der Waals surface area contributed by atoms with Gasteiger partial charge >= 0.3 is 0 Å². The number of thioether (sulfide) groups is 1. The zero-order valence-electron chi connectivity index (χ0n) is 16.6.